The van der Waals surface area contributed by atoms with Gasteiger partial charge >= 0.3 is 0 Å². The van der Waals surface area contributed by atoms with Crippen LogP contribution in [-0.2, 0) is 17.1 Å². The van der Waals surface area contributed by atoms with Crippen molar-refractivity contribution >= 4 is 12.4 Å². The van der Waals surface area contributed by atoms with Gasteiger partial charge < -0.3 is 15.5 Å². The molecule has 2 aromatic rings. The molecule has 0 spiro atoms. The topological polar surface area (TPSA) is 77.2 Å². The van der Waals surface area contributed by atoms with Gasteiger partial charge in [-0.2, -0.15) is 0 Å². The zero-order valence-corrected chi connectivity index (χ0v) is 15.5. The number of para-hydroxylation sites is 2. The van der Waals surface area contributed by atoms with Gasteiger partial charge in [0.15, 0.2) is 0 Å². The Morgan fingerprint density at radius 1 is 0.731 bits per heavy atom. The Morgan fingerprint density at radius 3 is 1.58 bits per heavy atom. The molecule has 2 rings (SSSR count). The van der Waals surface area contributed by atoms with Crippen molar-refractivity contribution in [1.82, 2.24) is 5.32 Å². The van der Waals surface area contributed by atoms with E-state index in [1.54, 1.807) is 36.7 Å². The van der Waals surface area contributed by atoms with Crippen LogP contribution in [0.2, 0.25) is 0 Å². The molecule has 0 amide bonds. The Bertz CT molecular complexity index is 645. The summed E-state index contributed by atoms with van der Waals surface area (Å²) in [6.07, 6.45) is 5.32. The number of nitrogens with zero attached hydrogens (tertiary/aromatic N) is 2. The maximum Gasteiger partial charge on any atom is 0.124 e. The smallest absolute Gasteiger partial charge is 0.124 e. The predicted molar refractivity (Wildman–Crippen MR) is 103 cm³/mol. The average molecular weight is 403 g/mol. The summed E-state index contributed by atoms with van der Waals surface area (Å²) in [6.45, 7) is 3.27. The first kappa shape index (κ1) is 21.9. The first-order chi connectivity index (χ1) is 12.3. The summed E-state index contributed by atoms with van der Waals surface area (Å²) >= 11 is 0. The summed E-state index contributed by atoms with van der Waals surface area (Å²) in [5.74, 6) is 0.516. The molecule has 1 radical (unpaired) electrons. The molecule has 0 aromatic heterocycles. The molecule has 6 heteroatoms. The molecule has 0 saturated heterocycles. The van der Waals surface area contributed by atoms with Gasteiger partial charge in [0.2, 0.25) is 0 Å². The fraction of sp³-hybridized carbons (Fsp3) is 0.300. The molecule has 26 heavy (non-hydrogen) atoms. The van der Waals surface area contributed by atoms with E-state index in [1.165, 1.54) is 0 Å². The Balaban J connectivity index is 0.00000338. The number of benzene rings is 2. The standard InChI is InChI=1S/C20H25N3O2.Cu/c24-19-9-3-1-7-17(19)15-22-13-5-11-21-12-6-14-23-16-18-8-2-4-10-20(18)25;/h1-4,7-10,15-16,21,24-25H,5-6,11-14H2;. The minimum Gasteiger partial charge on any atom is -0.507 e. The van der Waals surface area contributed by atoms with E-state index in [0.717, 1.165) is 50.1 Å². The Labute approximate surface area is 165 Å². The second-order valence-electron chi connectivity index (χ2n) is 5.65. The minimum absolute atomic E-state index is 0. The van der Waals surface area contributed by atoms with Crippen LogP contribution in [0.4, 0.5) is 0 Å². The van der Waals surface area contributed by atoms with Crippen LogP contribution in [0.3, 0.4) is 0 Å². The van der Waals surface area contributed by atoms with Crippen molar-refractivity contribution in [2.45, 2.75) is 12.8 Å². The van der Waals surface area contributed by atoms with E-state index >= 15 is 0 Å². The fourth-order valence-electron chi connectivity index (χ4n) is 2.23. The van der Waals surface area contributed by atoms with Gasteiger partial charge in [0.1, 0.15) is 11.5 Å². The maximum absolute atomic E-state index is 9.61. The number of phenolic OH excluding ortho intramolecular Hbond substituents is 2. The van der Waals surface area contributed by atoms with E-state index in [0.29, 0.717) is 0 Å². The van der Waals surface area contributed by atoms with Crippen molar-refractivity contribution in [2.24, 2.45) is 9.98 Å². The third-order valence-corrected chi connectivity index (χ3v) is 3.62. The summed E-state index contributed by atoms with van der Waals surface area (Å²) in [5, 5.41) is 22.6. The number of rotatable bonds is 10. The van der Waals surface area contributed by atoms with Crippen LogP contribution in [-0.4, -0.2) is 48.8 Å². The number of hydrogen-bond acceptors (Lipinski definition) is 5. The van der Waals surface area contributed by atoms with Crippen molar-refractivity contribution in [3.05, 3.63) is 59.7 Å². The second kappa shape index (κ2) is 13.1. The van der Waals surface area contributed by atoms with Crippen molar-refractivity contribution < 1.29 is 27.3 Å². The number of nitrogens with one attached hydrogen (secondary N) is 1. The van der Waals surface area contributed by atoms with Gasteiger partial charge in [0.05, 0.1) is 0 Å². The number of phenols is 2. The van der Waals surface area contributed by atoms with Gasteiger partial charge in [-0.1, -0.05) is 24.3 Å². The molecule has 5 nitrogen and oxygen atoms in total. The largest absolute Gasteiger partial charge is 0.507 e. The van der Waals surface area contributed by atoms with Crippen LogP contribution < -0.4 is 5.32 Å². The van der Waals surface area contributed by atoms with Gasteiger partial charge in [-0.05, 0) is 50.2 Å². The Morgan fingerprint density at radius 2 is 1.15 bits per heavy atom. The van der Waals surface area contributed by atoms with E-state index in [-0.39, 0.29) is 28.6 Å². The zero-order chi connectivity index (χ0) is 17.7. The van der Waals surface area contributed by atoms with Crippen molar-refractivity contribution in [1.29, 1.82) is 0 Å². The molecular weight excluding hydrogens is 378 g/mol. The predicted octanol–water partition coefficient (Wildman–Crippen LogP) is 3.00. The van der Waals surface area contributed by atoms with Gasteiger partial charge in [-0.3, -0.25) is 9.98 Å². The van der Waals surface area contributed by atoms with Crippen LogP contribution in [0.25, 0.3) is 0 Å². The van der Waals surface area contributed by atoms with E-state index in [1.807, 2.05) is 24.3 Å². The molecule has 0 unspecified atom stereocenters. The molecule has 0 fully saturated rings. The monoisotopic (exact) mass is 402 g/mol. The number of aliphatic imine (C=N–C) groups is 2. The molecule has 0 saturated carbocycles. The summed E-state index contributed by atoms with van der Waals surface area (Å²) in [6, 6.07) is 14.3. The minimum atomic E-state index is 0. The normalized spacial score (nSPS) is 11.1. The first-order valence-electron chi connectivity index (χ1n) is 8.54. The van der Waals surface area contributed by atoms with Gasteiger partial charge in [0.25, 0.3) is 0 Å². The molecule has 0 aliphatic carbocycles. The Hall–Kier alpha value is -2.14. The molecule has 0 bridgehead atoms. The first-order valence-corrected chi connectivity index (χ1v) is 8.54. The maximum atomic E-state index is 9.61. The third kappa shape index (κ3) is 8.30. The van der Waals surface area contributed by atoms with E-state index in [4.69, 9.17) is 0 Å². The Kier molecular flexibility index (Phi) is 11.0. The average Bonchev–Trinajstić information content (AvgIpc) is 2.62. The second-order valence-corrected chi connectivity index (χ2v) is 5.65. The molecule has 0 atom stereocenters. The summed E-state index contributed by atoms with van der Waals surface area (Å²) in [7, 11) is 0. The SMILES string of the molecule is Oc1ccccc1C=NCCCNCCCN=Cc1ccccc1O.[Cu]. The van der Waals surface area contributed by atoms with Crippen LogP contribution >= 0.6 is 0 Å². The van der Waals surface area contributed by atoms with Crippen LogP contribution in [0, 0.1) is 0 Å². The molecule has 0 aliphatic rings. The van der Waals surface area contributed by atoms with E-state index < -0.39 is 0 Å². The van der Waals surface area contributed by atoms with Crippen LogP contribution in [0.15, 0.2) is 58.5 Å². The molecule has 0 heterocycles. The fourth-order valence-corrected chi connectivity index (χ4v) is 2.23. The quantitative estimate of drug-likeness (QED) is 0.325. The van der Waals surface area contributed by atoms with Crippen LogP contribution in [0.5, 0.6) is 11.5 Å². The summed E-state index contributed by atoms with van der Waals surface area (Å²) in [5.41, 5.74) is 1.50. The van der Waals surface area contributed by atoms with Crippen molar-refractivity contribution in [2.75, 3.05) is 26.2 Å². The van der Waals surface area contributed by atoms with Gasteiger partial charge in [-0.15, -0.1) is 0 Å². The summed E-state index contributed by atoms with van der Waals surface area (Å²) in [4.78, 5) is 8.64. The van der Waals surface area contributed by atoms with E-state index in [9.17, 15) is 10.2 Å². The molecular formula is C20H25CuN3O2. The van der Waals surface area contributed by atoms with Crippen LogP contribution in [0.1, 0.15) is 24.0 Å². The number of aromatic hydroxyl groups is 2. The molecule has 0 aliphatic heterocycles. The van der Waals surface area contributed by atoms with E-state index in [2.05, 4.69) is 15.3 Å². The number of hydrogen-bond donors (Lipinski definition) is 3. The van der Waals surface area contributed by atoms with Crippen molar-refractivity contribution in [3.63, 3.8) is 0 Å². The third-order valence-electron chi connectivity index (χ3n) is 3.62. The summed E-state index contributed by atoms with van der Waals surface area (Å²) < 4.78 is 0. The molecule has 2 aromatic carbocycles. The van der Waals surface area contributed by atoms with Gasteiger partial charge in [0, 0.05) is 53.7 Å². The molecule has 143 valence electrons. The zero-order valence-electron chi connectivity index (χ0n) is 14.6. The van der Waals surface area contributed by atoms with Crippen molar-refractivity contribution in [3.8, 4) is 11.5 Å². The molecule has 3 N–H and O–H groups in total. The van der Waals surface area contributed by atoms with Gasteiger partial charge in [-0.25, -0.2) is 0 Å².